The molecule has 3 rings (SSSR count). The molecule has 0 amide bonds. The lowest BCUT2D eigenvalue weighted by Gasteiger charge is -2.12. The number of rotatable bonds is 4. The van der Waals surface area contributed by atoms with Crippen LogP contribution < -0.4 is 14.8 Å². The van der Waals surface area contributed by atoms with Crippen LogP contribution in [0.4, 0.5) is 5.69 Å². The van der Waals surface area contributed by atoms with Gasteiger partial charge in [-0.3, -0.25) is 0 Å². The Morgan fingerprint density at radius 3 is 3.00 bits per heavy atom. The second-order valence-electron chi connectivity index (χ2n) is 5.13. The molecular weight excluding hydrogens is 332 g/mol. The average Bonchev–Trinajstić information content (AvgIpc) is 2.84. The van der Waals surface area contributed by atoms with Crippen molar-refractivity contribution in [2.45, 2.75) is 26.0 Å². The normalized spacial score (nSPS) is 16.2. The van der Waals surface area contributed by atoms with Gasteiger partial charge < -0.3 is 14.8 Å². The molecular formula is C16H17BrN2O2. The summed E-state index contributed by atoms with van der Waals surface area (Å²) >= 11 is 3.33. The van der Waals surface area contributed by atoms with Crippen molar-refractivity contribution < 1.29 is 9.47 Å². The molecule has 0 aliphatic carbocycles. The molecule has 0 spiro atoms. The van der Waals surface area contributed by atoms with E-state index in [1.54, 1.807) is 13.3 Å². The largest absolute Gasteiger partial charge is 0.496 e. The molecule has 5 heteroatoms. The predicted octanol–water partition coefficient (Wildman–Crippen LogP) is 3.79. The van der Waals surface area contributed by atoms with Crippen molar-refractivity contribution in [2.24, 2.45) is 0 Å². The third-order valence-corrected chi connectivity index (χ3v) is 3.98. The van der Waals surface area contributed by atoms with Crippen LogP contribution in [0.15, 0.2) is 35.1 Å². The maximum absolute atomic E-state index is 5.81. The number of anilines is 1. The van der Waals surface area contributed by atoms with Crippen molar-refractivity contribution in [3.8, 4) is 11.5 Å². The van der Waals surface area contributed by atoms with Crippen LogP contribution in [0.1, 0.15) is 18.1 Å². The first-order valence-corrected chi connectivity index (χ1v) is 7.67. The zero-order chi connectivity index (χ0) is 14.8. The molecule has 1 atom stereocenters. The van der Waals surface area contributed by atoms with E-state index < -0.39 is 0 Å². The van der Waals surface area contributed by atoms with E-state index in [9.17, 15) is 0 Å². The van der Waals surface area contributed by atoms with Gasteiger partial charge in [0.1, 0.15) is 22.2 Å². The quantitative estimate of drug-likeness (QED) is 0.853. The van der Waals surface area contributed by atoms with E-state index in [4.69, 9.17) is 9.47 Å². The Bertz CT molecular complexity index is 643. The SMILES string of the molecule is COc1cc2c(cc1CNc1ccc(Br)nc1)OC(C)C2. The van der Waals surface area contributed by atoms with Crippen molar-refractivity contribution in [1.82, 2.24) is 4.98 Å². The molecule has 0 saturated carbocycles. The first kappa shape index (κ1) is 14.2. The minimum atomic E-state index is 0.239. The van der Waals surface area contributed by atoms with Gasteiger partial charge >= 0.3 is 0 Å². The number of fused-ring (bicyclic) bond motifs is 1. The van der Waals surface area contributed by atoms with E-state index in [1.165, 1.54) is 5.56 Å². The fraction of sp³-hybridized carbons (Fsp3) is 0.312. The van der Waals surface area contributed by atoms with Crippen LogP contribution in [0, 0.1) is 0 Å². The van der Waals surface area contributed by atoms with Crippen molar-refractivity contribution >= 4 is 21.6 Å². The van der Waals surface area contributed by atoms with Gasteiger partial charge in [0.15, 0.2) is 0 Å². The molecule has 1 aliphatic heterocycles. The zero-order valence-corrected chi connectivity index (χ0v) is 13.6. The number of aromatic nitrogens is 1. The number of hydrogen-bond acceptors (Lipinski definition) is 4. The molecule has 4 nitrogen and oxygen atoms in total. The van der Waals surface area contributed by atoms with Crippen LogP contribution in [0.2, 0.25) is 0 Å². The Labute approximate surface area is 132 Å². The van der Waals surface area contributed by atoms with Gasteiger partial charge in [0.05, 0.1) is 19.0 Å². The highest BCUT2D eigenvalue weighted by Crippen LogP contribution is 2.35. The lowest BCUT2D eigenvalue weighted by molar-refractivity contribution is 0.254. The lowest BCUT2D eigenvalue weighted by Crippen LogP contribution is -2.05. The predicted molar refractivity (Wildman–Crippen MR) is 86.1 cm³/mol. The van der Waals surface area contributed by atoms with Crippen LogP contribution in [0.5, 0.6) is 11.5 Å². The molecule has 0 bridgehead atoms. The van der Waals surface area contributed by atoms with Crippen LogP contribution in [0.25, 0.3) is 0 Å². The van der Waals surface area contributed by atoms with Gasteiger partial charge in [-0.15, -0.1) is 0 Å². The van der Waals surface area contributed by atoms with Gasteiger partial charge in [0.25, 0.3) is 0 Å². The Morgan fingerprint density at radius 1 is 1.43 bits per heavy atom. The smallest absolute Gasteiger partial charge is 0.124 e. The third kappa shape index (κ3) is 3.13. The first-order chi connectivity index (χ1) is 10.2. The van der Waals surface area contributed by atoms with E-state index in [2.05, 4.69) is 45.3 Å². The fourth-order valence-corrected chi connectivity index (χ4v) is 2.72. The number of nitrogens with one attached hydrogen (secondary N) is 1. The van der Waals surface area contributed by atoms with Crippen LogP contribution in [0.3, 0.4) is 0 Å². The van der Waals surface area contributed by atoms with E-state index in [1.807, 2.05) is 12.1 Å². The van der Waals surface area contributed by atoms with Gasteiger partial charge in [0.2, 0.25) is 0 Å². The van der Waals surface area contributed by atoms with Gasteiger partial charge in [-0.1, -0.05) is 0 Å². The monoisotopic (exact) mass is 348 g/mol. The number of pyridine rings is 1. The Kier molecular flexibility index (Phi) is 4.01. The van der Waals surface area contributed by atoms with Gasteiger partial charge in [-0.25, -0.2) is 4.98 Å². The van der Waals surface area contributed by atoms with E-state index in [0.29, 0.717) is 6.54 Å². The standard InChI is InChI=1S/C16H17BrN2O2/c1-10-5-11-6-14(20-2)12(7-15(11)21-10)8-18-13-3-4-16(17)19-9-13/h3-4,6-7,9-10,18H,5,8H2,1-2H3. The molecule has 1 N–H and O–H groups in total. The topological polar surface area (TPSA) is 43.4 Å². The number of nitrogens with zero attached hydrogens (tertiary/aromatic N) is 1. The summed E-state index contributed by atoms with van der Waals surface area (Å²) in [5.74, 6) is 1.86. The molecule has 0 radical (unpaired) electrons. The molecule has 2 aromatic rings. The third-order valence-electron chi connectivity index (χ3n) is 3.51. The number of ether oxygens (including phenoxy) is 2. The highest BCUT2D eigenvalue weighted by Gasteiger charge is 2.21. The summed E-state index contributed by atoms with van der Waals surface area (Å²) < 4.78 is 12.1. The average molecular weight is 349 g/mol. The Hall–Kier alpha value is -1.75. The first-order valence-electron chi connectivity index (χ1n) is 6.87. The number of benzene rings is 1. The number of hydrogen-bond donors (Lipinski definition) is 1. The number of methoxy groups -OCH3 is 1. The highest BCUT2D eigenvalue weighted by atomic mass is 79.9. The second kappa shape index (κ2) is 5.93. The van der Waals surface area contributed by atoms with E-state index >= 15 is 0 Å². The van der Waals surface area contributed by atoms with Crippen molar-refractivity contribution in [3.05, 3.63) is 46.2 Å². The minimum Gasteiger partial charge on any atom is -0.496 e. The molecule has 0 saturated heterocycles. The van der Waals surface area contributed by atoms with Crippen LogP contribution >= 0.6 is 15.9 Å². The Balaban J connectivity index is 1.78. The van der Waals surface area contributed by atoms with Gasteiger partial charge in [-0.2, -0.15) is 0 Å². The minimum absolute atomic E-state index is 0.239. The molecule has 0 fully saturated rings. The summed E-state index contributed by atoms with van der Waals surface area (Å²) in [6, 6.07) is 8.04. The summed E-state index contributed by atoms with van der Waals surface area (Å²) in [4.78, 5) is 4.20. The second-order valence-corrected chi connectivity index (χ2v) is 5.94. The van der Waals surface area contributed by atoms with Gasteiger partial charge in [0, 0.05) is 24.1 Å². The van der Waals surface area contributed by atoms with E-state index in [-0.39, 0.29) is 6.10 Å². The molecule has 1 aromatic carbocycles. The molecule has 1 unspecified atom stereocenters. The molecule has 21 heavy (non-hydrogen) atoms. The van der Waals surface area contributed by atoms with Crippen LogP contribution in [-0.2, 0) is 13.0 Å². The van der Waals surface area contributed by atoms with Crippen molar-refractivity contribution in [3.63, 3.8) is 0 Å². The maximum atomic E-state index is 5.81. The molecule has 1 aromatic heterocycles. The number of halogens is 1. The van der Waals surface area contributed by atoms with Crippen LogP contribution in [-0.4, -0.2) is 18.2 Å². The molecule has 1 aliphatic rings. The van der Waals surface area contributed by atoms with Crippen molar-refractivity contribution in [1.29, 1.82) is 0 Å². The molecule has 110 valence electrons. The van der Waals surface area contributed by atoms with E-state index in [0.717, 1.165) is 33.8 Å². The fourth-order valence-electron chi connectivity index (χ4n) is 2.49. The summed E-state index contributed by atoms with van der Waals surface area (Å²) in [5.41, 5.74) is 3.26. The van der Waals surface area contributed by atoms with Gasteiger partial charge in [-0.05, 0) is 47.1 Å². The van der Waals surface area contributed by atoms with Crippen molar-refractivity contribution in [2.75, 3.05) is 12.4 Å². The highest BCUT2D eigenvalue weighted by molar-refractivity contribution is 9.10. The summed E-state index contributed by atoms with van der Waals surface area (Å²) in [6.07, 6.45) is 2.97. The molecule has 2 heterocycles. The summed E-state index contributed by atoms with van der Waals surface area (Å²) in [6.45, 7) is 2.75. The Morgan fingerprint density at radius 2 is 2.29 bits per heavy atom. The zero-order valence-electron chi connectivity index (χ0n) is 12.0. The lowest BCUT2D eigenvalue weighted by atomic mass is 10.1. The summed E-state index contributed by atoms with van der Waals surface area (Å²) in [7, 11) is 1.70. The maximum Gasteiger partial charge on any atom is 0.124 e. The summed E-state index contributed by atoms with van der Waals surface area (Å²) in [5, 5.41) is 3.35.